The van der Waals surface area contributed by atoms with E-state index < -0.39 is 36.3 Å². The first-order valence-corrected chi connectivity index (χ1v) is 14.4. The number of thioether (sulfide) groups is 1. The second-order valence-corrected chi connectivity index (χ2v) is 10.8. The number of carboxylic acid groups (broad SMARTS) is 2. The van der Waals surface area contributed by atoms with Crippen LogP contribution in [0.25, 0.3) is 0 Å². The van der Waals surface area contributed by atoms with Crippen molar-refractivity contribution in [1.29, 1.82) is 0 Å². The van der Waals surface area contributed by atoms with E-state index in [0.717, 1.165) is 0 Å². The highest BCUT2D eigenvalue weighted by atomic mass is 32.2. The van der Waals surface area contributed by atoms with Crippen LogP contribution in [0.2, 0.25) is 0 Å². The van der Waals surface area contributed by atoms with Gasteiger partial charge in [-0.05, 0) is 50.2 Å². The van der Waals surface area contributed by atoms with Gasteiger partial charge in [-0.2, -0.15) is 0 Å². The lowest BCUT2D eigenvalue weighted by Crippen LogP contribution is -2.30. The van der Waals surface area contributed by atoms with Crippen LogP contribution in [0, 0.1) is 17.7 Å². The van der Waals surface area contributed by atoms with Crippen LogP contribution in [-0.2, 0) is 9.59 Å². The van der Waals surface area contributed by atoms with Crippen molar-refractivity contribution in [3.05, 3.63) is 54.4 Å². The smallest absolute Gasteiger partial charge is 0.320 e. The van der Waals surface area contributed by atoms with Crippen LogP contribution in [-0.4, -0.2) is 80.1 Å². The topological polar surface area (TPSA) is 226 Å². The number of unbranched alkanes of at least 4 members (excludes halogenated alkanes) is 1. The zero-order chi connectivity index (χ0) is 30.8. The number of nitrogens with zero attached hydrogens (tertiary/aromatic N) is 1. The van der Waals surface area contributed by atoms with Gasteiger partial charge in [-0.3, -0.25) is 14.6 Å². The van der Waals surface area contributed by atoms with E-state index in [0.29, 0.717) is 43.5 Å². The Morgan fingerprint density at radius 3 is 2.46 bits per heavy atom. The maximum absolute atomic E-state index is 13.6. The summed E-state index contributed by atoms with van der Waals surface area (Å²) in [6.45, 7) is 0.420. The molecule has 0 spiro atoms. The van der Waals surface area contributed by atoms with E-state index in [1.165, 1.54) is 17.8 Å². The summed E-state index contributed by atoms with van der Waals surface area (Å²) in [7, 11) is 0. The van der Waals surface area contributed by atoms with Gasteiger partial charge in [-0.1, -0.05) is 36.4 Å². The summed E-state index contributed by atoms with van der Waals surface area (Å²) >= 11 is 1.22. The number of halogens is 1. The molecule has 0 amide bonds. The van der Waals surface area contributed by atoms with Gasteiger partial charge in [0.1, 0.15) is 11.9 Å². The maximum Gasteiger partial charge on any atom is 0.320 e. The Kier molecular flexibility index (Phi) is 17.6. The van der Waals surface area contributed by atoms with Crippen molar-refractivity contribution >= 4 is 29.7 Å². The van der Waals surface area contributed by atoms with Gasteiger partial charge in [-0.25, -0.2) is 4.39 Å². The summed E-state index contributed by atoms with van der Waals surface area (Å²) < 4.78 is 13.6. The third-order valence-electron chi connectivity index (χ3n) is 6.34. The number of carbonyl (C=O) groups is 2. The van der Waals surface area contributed by atoms with Gasteiger partial charge in [0.05, 0.1) is 18.3 Å². The van der Waals surface area contributed by atoms with Crippen molar-refractivity contribution in [3.8, 4) is 0 Å². The van der Waals surface area contributed by atoms with E-state index in [4.69, 9.17) is 27.4 Å². The largest absolute Gasteiger partial charge is 0.481 e. The molecular formula is C28H43FN4O7S. The van der Waals surface area contributed by atoms with Gasteiger partial charge in [0, 0.05) is 36.0 Å². The Morgan fingerprint density at radius 1 is 1.12 bits per heavy atom. The molecule has 13 heteroatoms. The van der Waals surface area contributed by atoms with Crippen LogP contribution in [0.5, 0.6) is 0 Å². The second-order valence-electron chi connectivity index (χ2n) is 9.69. The molecule has 1 aliphatic carbocycles. The van der Waals surface area contributed by atoms with Crippen LogP contribution >= 0.6 is 11.8 Å². The minimum absolute atomic E-state index is 0.0129. The van der Waals surface area contributed by atoms with E-state index in [1.807, 2.05) is 12.2 Å². The van der Waals surface area contributed by atoms with E-state index in [1.54, 1.807) is 30.4 Å². The van der Waals surface area contributed by atoms with Crippen LogP contribution in [0.15, 0.2) is 58.5 Å². The van der Waals surface area contributed by atoms with Gasteiger partial charge < -0.3 is 42.7 Å². The normalized spacial score (nSPS) is 21.8. The summed E-state index contributed by atoms with van der Waals surface area (Å²) in [5, 5.41) is 47.7. The number of aliphatic hydroxyl groups is 3. The predicted octanol–water partition coefficient (Wildman–Crippen LogP) is 1.85. The molecule has 1 fully saturated rings. The number of guanidine groups is 1. The number of hydrogen-bond acceptors (Lipinski definition) is 8. The molecule has 1 aromatic carbocycles. The van der Waals surface area contributed by atoms with Crippen molar-refractivity contribution in [3.63, 3.8) is 0 Å². The third kappa shape index (κ3) is 15.6. The number of aliphatic carboxylic acids is 2. The molecular weight excluding hydrogens is 555 g/mol. The molecule has 0 saturated heterocycles. The molecule has 6 atom stereocenters. The summed E-state index contributed by atoms with van der Waals surface area (Å²) in [5.41, 5.74) is 15.3. The maximum atomic E-state index is 13.6. The minimum atomic E-state index is -1.00. The first kappa shape index (κ1) is 36.1. The molecule has 230 valence electrons. The molecule has 0 aromatic heterocycles. The van der Waals surface area contributed by atoms with Crippen molar-refractivity contribution in [1.82, 2.24) is 0 Å². The van der Waals surface area contributed by atoms with E-state index in [2.05, 4.69) is 4.99 Å². The van der Waals surface area contributed by atoms with Gasteiger partial charge in [-0.15, -0.1) is 11.8 Å². The molecule has 11 nitrogen and oxygen atoms in total. The summed E-state index contributed by atoms with van der Waals surface area (Å²) in [6, 6.07) is 5.57. The fourth-order valence-electron chi connectivity index (χ4n) is 4.14. The van der Waals surface area contributed by atoms with E-state index in [9.17, 15) is 29.3 Å². The molecule has 0 bridgehead atoms. The second kappa shape index (κ2) is 20.0. The predicted molar refractivity (Wildman–Crippen MR) is 157 cm³/mol. The SMILES string of the molecule is NC(N)=NCCC[C@H](N)C(=O)O.O=C(O)CCC/C=C\C[C@@H]1[C@@H](/C=C/[C@@H](O)CSc2ccccc2F)[C@H](O)C[C@@H]1O. The van der Waals surface area contributed by atoms with Crippen molar-refractivity contribution in [2.45, 2.75) is 74.2 Å². The Balaban J connectivity index is 0.000000590. The molecule has 11 N–H and O–H groups in total. The fourth-order valence-corrected chi connectivity index (χ4v) is 4.98. The first-order chi connectivity index (χ1) is 19.4. The molecule has 2 rings (SSSR count). The standard InChI is InChI=1S/C22H29FO5S.C6H14N4O2/c23-18-8-5-6-9-21(18)29-14-15(24)11-12-17-16(19(25)13-20(17)26)7-3-1-2-4-10-22(27)28;7-4(5(11)12)2-1-3-10-6(8)9/h1,3,5-6,8-9,11-12,15-17,19-20,24-26H,2,4,7,10,13-14H2,(H,27,28);4H,1-3,7H2,(H,11,12)(H4,8,9,10)/b3-1-,12-11+;/t15-,16-,17-,19+,20-;4-/m10/s1. The van der Waals surface area contributed by atoms with Crippen LogP contribution in [0.4, 0.5) is 4.39 Å². The van der Waals surface area contributed by atoms with Crippen LogP contribution < -0.4 is 17.2 Å². The molecule has 41 heavy (non-hydrogen) atoms. The Labute approximate surface area is 244 Å². The number of benzene rings is 1. The zero-order valence-corrected chi connectivity index (χ0v) is 23.8. The highest BCUT2D eigenvalue weighted by Gasteiger charge is 2.39. The first-order valence-electron chi connectivity index (χ1n) is 13.4. The number of carboxylic acids is 2. The Morgan fingerprint density at radius 2 is 1.83 bits per heavy atom. The quantitative estimate of drug-likeness (QED) is 0.0450. The minimum Gasteiger partial charge on any atom is -0.481 e. The number of rotatable bonds is 16. The van der Waals surface area contributed by atoms with Gasteiger partial charge >= 0.3 is 11.9 Å². The van der Waals surface area contributed by atoms with Crippen molar-refractivity contribution in [2.24, 2.45) is 34.0 Å². The fraction of sp³-hybridized carbons (Fsp3) is 0.536. The number of aliphatic imine (C=N–C) groups is 1. The number of nitrogens with two attached hydrogens (primary N) is 3. The highest BCUT2D eigenvalue weighted by molar-refractivity contribution is 7.99. The lowest BCUT2D eigenvalue weighted by atomic mass is 9.89. The molecule has 1 saturated carbocycles. The molecule has 0 aliphatic heterocycles. The number of aliphatic hydroxyl groups excluding tert-OH is 3. The monoisotopic (exact) mass is 598 g/mol. The number of allylic oxidation sites excluding steroid dienone is 2. The molecule has 1 aromatic rings. The van der Waals surface area contributed by atoms with Crippen LogP contribution in [0.3, 0.4) is 0 Å². The van der Waals surface area contributed by atoms with Gasteiger partial charge in [0.25, 0.3) is 0 Å². The zero-order valence-electron chi connectivity index (χ0n) is 23.0. The van der Waals surface area contributed by atoms with E-state index in [-0.39, 0.29) is 42.2 Å². The molecule has 0 radical (unpaired) electrons. The number of hydrogen-bond donors (Lipinski definition) is 8. The van der Waals surface area contributed by atoms with Gasteiger partial charge in [0.15, 0.2) is 5.96 Å². The highest BCUT2D eigenvalue weighted by Crippen LogP contribution is 2.36. The molecule has 0 heterocycles. The average molecular weight is 599 g/mol. The Bertz CT molecular complexity index is 1020. The van der Waals surface area contributed by atoms with Crippen molar-refractivity contribution < 1.29 is 39.5 Å². The lowest BCUT2D eigenvalue weighted by molar-refractivity contribution is -0.139. The average Bonchev–Trinajstić information content (AvgIpc) is 3.18. The van der Waals surface area contributed by atoms with Crippen molar-refractivity contribution in [2.75, 3.05) is 12.3 Å². The summed E-state index contributed by atoms with van der Waals surface area (Å²) in [5.74, 6) is -2.27. The summed E-state index contributed by atoms with van der Waals surface area (Å²) in [6.07, 6.45) is 8.22. The van der Waals surface area contributed by atoms with E-state index >= 15 is 0 Å². The lowest BCUT2D eigenvalue weighted by Gasteiger charge is -2.19. The third-order valence-corrected chi connectivity index (χ3v) is 7.49. The Hall–Kier alpha value is -2.97. The molecule has 1 aliphatic rings. The molecule has 0 unspecified atom stereocenters. The van der Waals surface area contributed by atoms with Gasteiger partial charge in [0.2, 0.25) is 0 Å². The summed E-state index contributed by atoms with van der Waals surface area (Å²) in [4.78, 5) is 24.9. The van der Waals surface area contributed by atoms with Crippen LogP contribution in [0.1, 0.15) is 44.9 Å².